The van der Waals surface area contributed by atoms with Crippen molar-refractivity contribution in [1.29, 1.82) is 0 Å². The van der Waals surface area contributed by atoms with Gasteiger partial charge in [0.2, 0.25) is 0 Å². The lowest BCUT2D eigenvalue weighted by Gasteiger charge is -2.24. The lowest BCUT2D eigenvalue weighted by Crippen LogP contribution is -2.19. The van der Waals surface area contributed by atoms with Gasteiger partial charge in [-0.25, -0.2) is 0 Å². The van der Waals surface area contributed by atoms with Crippen molar-refractivity contribution in [3.05, 3.63) is 0 Å². The normalized spacial score (nSPS) is 15.7. The van der Waals surface area contributed by atoms with Crippen LogP contribution in [-0.4, -0.2) is 11.7 Å². The second kappa shape index (κ2) is 15.8. The van der Waals surface area contributed by atoms with Crippen molar-refractivity contribution < 1.29 is 5.11 Å². The molecule has 0 saturated heterocycles. The molecule has 0 unspecified atom stereocenters. The van der Waals surface area contributed by atoms with E-state index in [0.29, 0.717) is 18.4 Å². The van der Waals surface area contributed by atoms with Crippen molar-refractivity contribution in [2.75, 3.05) is 6.61 Å². The molecule has 134 valence electrons. The minimum Gasteiger partial charge on any atom is -0.396 e. The minimum atomic E-state index is 0.337. The number of hydrogen-bond donors (Lipinski definition) is 1. The molecule has 0 aliphatic heterocycles. The first-order chi connectivity index (χ1) is 10.6. The Morgan fingerprint density at radius 2 is 1.00 bits per heavy atom. The van der Waals surface area contributed by atoms with Crippen molar-refractivity contribution in [3.8, 4) is 0 Å². The van der Waals surface area contributed by atoms with E-state index in [1.165, 1.54) is 83.5 Å². The van der Waals surface area contributed by atoms with Gasteiger partial charge in [0.05, 0.1) is 0 Å². The van der Waals surface area contributed by atoms with Crippen molar-refractivity contribution >= 4 is 0 Å². The molecule has 0 aromatic carbocycles. The van der Waals surface area contributed by atoms with Crippen LogP contribution in [0.5, 0.6) is 0 Å². The smallest absolute Gasteiger partial charge is 0.0459 e. The van der Waals surface area contributed by atoms with Gasteiger partial charge < -0.3 is 5.11 Å². The topological polar surface area (TPSA) is 20.2 Å². The van der Waals surface area contributed by atoms with Gasteiger partial charge in [0.15, 0.2) is 0 Å². The van der Waals surface area contributed by atoms with E-state index >= 15 is 0 Å². The maximum atomic E-state index is 9.23. The average Bonchev–Trinajstić information content (AvgIpc) is 2.54. The number of aliphatic hydroxyl groups excluding tert-OH is 1. The zero-order chi connectivity index (χ0) is 16.6. The van der Waals surface area contributed by atoms with Gasteiger partial charge >= 0.3 is 0 Å². The first-order valence-corrected chi connectivity index (χ1v) is 10.2. The molecule has 0 radical (unpaired) electrons. The monoisotopic (exact) mass is 312 g/mol. The molecule has 1 nitrogen and oxygen atoms in total. The van der Waals surface area contributed by atoms with Crippen LogP contribution >= 0.6 is 0 Å². The standard InChI is InChI=1S/C21H44O/c1-5-6-7-8-9-10-11-12-13-14-15-16-17-19(2)21(4)20(3)18-22/h19-22H,5-18H2,1-4H3/t19-,20-,21+/m0/s1. The summed E-state index contributed by atoms with van der Waals surface area (Å²) in [4.78, 5) is 0. The van der Waals surface area contributed by atoms with Crippen LogP contribution in [0.25, 0.3) is 0 Å². The predicted molar refractivity (Wildman–Crippen MR) is 100 cm³/mol. The molecule has 3 atom stereocenters. The molecule has 0 rings (SSSR count). The fraction of sp³-hybridized carbons (Fsp3) is 1.00. The Morgan fingerprint density at radius 1 is 0.591 bits per heavy atom. The molecule has 1 heteroatoms. The summed E-state index contributed by atoms with van der Waals surface area (Å²) in [6.07, 6.45) is 18.5. The van der Waals surface area contributed by atoms with E-state index in [9.17, 15) is 5.11 Å². The number of rotatable bonds is 16. The third-order valence-electron chi connectivity index (χ3n) is 5.60. The zero-order valence-corrected chi connectivity index (χ0v) is 16.1. The molecule has 0 aliphatic rings. The van der Waals surface area contributed by atoms with E-state index < -0.39 is 0 Å². The summed E-state index contributed by atoms with van der Waals surface area (Å²) in [6, 6.07) is 0. The zero-order valence-electron chi connectivity index (χ0n) is 16.1. The van der Waals surface area contributed by atoms with Crippen molar-refractivity contribution in [2.45, 2.75) is 111 Å². The first kappa shape index (κ1) is 22.0. The highest BCUT2D eigenvalue weighted by atomic mass is 16.3. The third-order valence-corrected chi connectivity index (χ3v) is 5.60. The predicted octanol–water partition coefficient (Wildman–Crippen LogP) is 6.98. The highest BCUT2D eigenvalue weighted by Crippen LogP contribution is 2.25. The van der Waals surface area contributed by atoms with Crippen molar-refractivity contribution in [2.24, 2.45) is 17.8 Å². The summed E-state index contributed by atoms with van der Waals surface area (Å²) >= 11 is 0. The van der Waals surface area contributed by atoms with Gasteiger partial charge in [0, 0.05) is 6.61 Å². The van der Waals surface area contributed by atoms with Crippen molar-refractivity contribution in [1.82, 2.24) is 0 Å². The van der Waals surface area contributed by atoms with Crippen LogP contribution in [-0.2, 0) is 0 Å². The molecule has 22 heavy (non-hydrogen) atoms. The highest BCUT2D eigenvalue weighted by Gasteiger charge is 2.17. The van der Waals surface area contributed by atoms with Gasteiger partial charge in [0.1, 0.15) is 0 Å². The second-order valence-electron chi connectivity index (χ2n) is 7.67. The molecule has 0 fully saturated rings. The number of hydrogen-bond acceptors (Lipinski definition) is 1. The lowest BCUT2D eigenvalue weighted by atomic mass is 9.82. The summed E-state index contributed by atoms with van der Waals surface area (Å²) in [5.41, 5.74) is 0. The Hall–Kier alpha value is -0.0400. The van der Waals surface area contributed by atoms with Crippen LogP contribution in [0.4, 0.5) is 0 Å². The molecule has 0 amide bonds. The highest BCUT2D eigenvalue weighted by molar-refractivity contribution is 4.67. The molecule has 0 aromatic rings. The Bertz CT molecular complexity index is 214. The Morgan fingerprint density at radius 3 is 1.41 bits per heavy atom. The van der Waals surface area contributed by atoms with Gasteiger partial charge in [-0.2, -0.15) is 0 Å². The number of aliphatic hydroxyl groups is 1. The first-order valence-electron chi connectivity index (χ1n) is 10.2. The van der Waals surface area contributed by atoms with E-state index in [4.69, 9.17) is 0 Å². The van der Waals surface area contributed by atoms with Crippen LogP contribution in [0.2, 0.25) is 0 Å². The molecular formula is C21H44O. The third kappa shape index (κ3) is 12.5. The van der Waals surface area contributed by atoms with Crippen LogP contribution in [0, 0.1) is 17.8 Å². The van der Waals surface area contributed by atoms with Gasteiger partial charge in [0.25, 0.3) is 0 Å². The molecule has 0 spiro atoms. The van der Waals surface area contributed by atoms with E-state index in [1.807, 2.05) is 0 Å². The minimum absolute atomic E-state index is 0.337. The van der Waals surface area contributed by atoms with Crippen LogP contribution < -0.4 is 0 Å². The molecule has 1 N–H and O–H groups in total. The number of unbranched alkanes of at least 4 members (excludes halogenated alkanes) is 11. The van der Waals surface area contributed by atoms with Crippen molar-refractivity contribution in [3.63, 3.8) is 0 Å². The average molecular weight is 313 g/mol. The van der Waals surface area contributed by atoms with E-state index in [1.54, 1.807) is 0 Å². The Labute approximate surface area is 141 Å². The Kier molecular flexibility index (Phi) is 15.8. The Balaban J connectivity index is 3.26. The quantitative estimate of drug-likeness (QED) is 0.305. The summed E-state index contributed by atoms with van der Waals surface area (Å²) < 4.78 is 0. The van der Waals surface area contributed by atoms with Crippen LogP contribution in [0.1, 0.15) is 111 Å². The van der Waals surface area contributed by atoms with Gasteiger partial charge in [-0.05, 0) is 17.8 Å². The molecule has 0 aromatic heterocycles. The molecule has 0 heterocycles. The lowest BCUT2D eigenvalue weighted by molar-refractivity contribution is 0.159. The molecule has 0 aliphatic carbocycles. The van der Waals surface area contributed by atoms with Crippen LogP contribution in [0.3, 0.4) is 0 Å². The SMILES string of the molecule is CCCCCCCCCCCCCC[C@H](C)[C@@H](C)[C@@H](C)CO. The molecule has 0 bridgehead atoms. The summed E-state index contributed by atoms with van der Waals surface area (Å²) in [5, 5.41) is 9.23. The fourth-order valence-electron chi connectivity index (χ4n) is 3.30. The van der Waals surface area contributed by atoms with E-state index in [2.05, 4.69) is 27.7 Å². The largest absolute Gasteiger partial charge is 0.396 e. The van der Waals surface area contributed by atoms with Gasteiger partial charge in [-0.1, -0.05) is 111 Å². The fourth-order valence-corrected chi connectivity index (χ4v) is 3.30. The van der Waals surface area contributed by atoms with Crippen LogP contribution in [0.15, 0.2) is 0 Å². The molecular weight excluding hydrogens is 268 g/mol. The maximum absolute atomic E-state index is 9.23. The van der Waals surface area contributed by atoms with Gasteiger partial charge in [-0.15, -0.1) is 0 Å². The summed E-state index contributed by atoms with van der Waals surface area (Å²) in [5.74, 6) is 1.86. The van der Waals surface area contributed by atoms with E-state index in [-0.39, 0.29) is 0 Å². The summed E-state index contributed by atoms with van der Waals surface area (Å²) in [7, 11) is 0. The second-order valence-corrected chi connectivity index (χ2v) is 7.67. The molecule has 0 saturated carbocycles. The summed E-state index contributed by atoms with van der Waals surface area (Å²) in [6.45, 7) is 9.45. The van der Waals surface area contributed by atoms with Gasteiger partial charge in [-0.3, -0.25) is 0 Å². The van der Waals surface area contributed by atoms with E-state index in [0.717, 1.165) is 5.92 Å². The maximum Gasteiger partial charge on any atom is 0.0459 e.